The van der Waals surface area contributed by atoms with Crippen molar-refractivity contribution in [3.63, 3.8) is 0 Å². The smallest absolute Gasteiger partial charge is 0.261 e. The highest BCUT2D eigenvalue weighted by Gasteiger charge is 2.49. The number of ketones is 1. The fourth-order valence-corrected chi connectivity index (χ4v) is 10.2. The molecule has 0 unspecified atom stereocenters. The average Bonchev–Trinajstić information content (AvgIpc) is 2.89. The van der Waals surface area contributed by atoms with Crippen LogP contribution in [0.4, 0.5) is 0 Å². The minimum Gasteiger partial charge on any atom is -0.404 e. The molecule has 0 heterocycles. The van der Waals surface area contributed by atoms with Gasteiger partial charge in [0.05, 0.1) is 6.61 Å². The molecular formula is C35H48O2Si. The molecule has 3 rings (SSSR count). The topological polar surface area (TPSA) is 26.3 Å². The minimum absolute atomic E-state index is 0.0130. The van der Waals surface area contributed by atoms with E-state index >= 15 is 0 Å². The van der Waals surface area contributed by atoms with Crippen LogP contribution in [0.15, 0.2) is 96.1 Å². The van der Waals surface area contributed by atoms with Gasteiger partial charge in [-0.1, -0.05) is 125 Å². The second-order valence-electron chi connectivity index (χ2n) is 12.4. The number of benzene rings is 2. The van der Waals surface area contributed by atoms with Crippen molar-refractivity contribution in [1.29, 1.82) is 0 Å². The molecule has 0 radical (unpaired) electrons. The molecular weight excluding hydrogens is 480 g/mol. The van der Waals surface area contributed by atoms with E-state index in [-0.39, 0.29) is 10.5 Å². The molecule has 0 amide bonds. The van der Waals surface area contributed by atoms with Crippen molar-refractivity contribution < 1.29 is 9.22 Å². The Balaban J connectivity index is 1.64. The van der Waals surface area contributed by atoms with Gasteiger partial charge in [-0.15, -0.1) is 0 Å². The first-order valence-corrected chi connectivity index (χ1v) is 16.2. The Morgan fingerprint density at radius 1 is 0.947 bits per heavy atom. The van der Waals surface area contributed by atoms with Gasteiger partial charge in [-0.05, 0) is 73.4 Å². The van der Waals surface area contributed by atoms with E-state index in [0.717, 1.165) is 32.1 Å². The largest absolute Gasteiger partial charge is 0.404 e. The Bertz CT molecular complexity index is 1100. The first-order valence-electron chi connectivity index (χ1n) is 14.3. The molecule has 0 saturated heterocycles. The summed E-state index contributed by atoms with van der Waals surface area (Å²) in [6, 6.07) is 21.7. The summed E-state index contributed by atoms with van der Waals surface area (Å²) in [5.74, 6) is 0.706. The third-order valence-electron chi connectivity index (χ3n) is 8.63. The zero-order chi connectivity index (χ0) is 27.8. The van der Waals surface area contributed by atoms with E-state index in [0.29, 0.717) is 18.3 Å². The van der Waals surface area contributed by atoms with Crippen LogP contribution in [0.25, 0.3) is 0 Å². The first-order chi connectivity index (χ1) is 18.0. The molecule has 1 aliphatic rings. The van der Waals surface area contributed by atoms with Crippen molar-refractivity contribution in [3.8, 4) is 0 Å². The molecule has 0 N–H and O–H groups in total. The molecule has 0 spiro atoms. The lowest BCUT2D eigenvalue weighted by Gasteiger charge is -2.42. The van der Waals surface area contributed by atoms with E-state index in [1.165, 1.54) is 21.5 Å². The Labute approximate surface area is 233 Å². The van der Waals surface area contributed by atoms with Crippen LogP contribution in [0.2, 0.25) is 5.04 Å². The molecule has 3 heteroatoms. The SMILES string of the molecule is C/C(=C\CO[Si](c1ccccc1)(c1ccccc1)C(C)(C)C)CC/C=C(\C)CC[C@]1(C)C(=O)C=CC[C@H]1C. The molecule has 0 aliphatic heterocycles. The zero-order valence-electron chi connectivity index (χ0n) is 24.7. The third kappa shape index (κ3) is 6.92. The molecule has 2 aromatic carbocycles. The average molecular weight is 529 g/mol. The summed E-state index contributed by atoms with van der Waals surface area (Å²) in [7, 11) is -2.50. The van der Waals surface area contributed by atoms with Crippen LogP contribution in [0.1, 0.15) is 80.6 Å². The number of hydrogen-bond donors (Lipinski definition) is 0. The Morgan fingerprint density at radius 2 is 1.50 bits per heavy atom. The molecule has 0 aromatic heterocycles. The minimum atomic E-state index is -2.50. The summed E-state index contributed by atoms with van der Waals surface area (Å²) in [5, 5.41) is 2.62. The van der Waals surface area contributed by atoms with Gasteiger partial charge in [0, 0.05) is 5.41 Å². The van der Waals surface area contributed by atoms with Crippen molar-refractivity contribution in [2.45, 2.75) is 85.6 Å². The second-order valence-corrected chi connectivity index (χ2v) is 16.7. The molecule has 0 fully saturated rings. The van der Waals surface area contributed by atoms with E-state index in [4.69, 9.17) is 4.43 Å². The Hall–Kier alpha value is -2.49. The van der Waals surface area contributed by atoms with Crippen molar-refractivity contribution in [2.75, 3.05) is 6.61 Å². The predicted octanol–water partition coefficient (Wildman–Crippen LogP) is 8.19. The van der Waals surface area contributed by atoms with Crippen molar-refractivity contribution in [3.05, 3.63) is 96.1 Å². The molecule has 1 aliphatic carbocycles. The van der Waals surface area contributed by atoms with Gasteiger partial charge < -0.3 is 4.43 Å². The molecule has 2 aromatic rings. The van der Waals surface area contributed by atoms with Crippen LogP contribution >= 0.6 is 0 Å². The zero-order valence-corrected chi connectivity index (χ0v) is 25.7. The summed E-state index contributed by atoms with van der Waals surface area (Å²) < 4.78 is 7.01. The number of carbonyl (C=O) groups excluding carboxylic acids is 1. The molecule has 0 bridgehead atoms. The molecule has 38 heavy (non-hydrogen) atoms. The maximum Gasteiger partial charge on any atom is 0.261 e. The molecule has 0 saturated carbocycles. The van der Waals surface area contributed by atoms with Gasteiger partial charge in [-0.25, -0.2) is 0 Å². The van der Waals surface area contributed by atoms with Gasteiger partial charge >= 0.3 is 0 Å². The summed E-state index contributed by atoms with van der Waals surface area (Å²) in [4.78, 5) is 12.5. The molecule has 2 nitrogen and oxygen atoms in total. The van der Waals surface area contributed by atoms with Crippen LogP contribution in [-0.2, 0) is 9.22 Å². The van der Waals surface area contributed by atoms with Crippen LogP contribution < -0.4 is 10.4 Å². The molecule has 204 valence electrons. The van der Waals surface area contributed by atoms with Crippen molar-refractivity contribution in [2.24, 2.45) is 11.3 Å². The quantitative estimate of drug-likeness (QED) is 0.217. The van der Waals surface area contributed by atoms with E-state index in [1.54, 1.807) is 6.08 Å². The van der Waals surface area contributed by atoms with Crippen LogP contribution in [0.3, 0.4) is 0 Å². The highest BCUT2D eigenvalue weighted by atomic mass is 28.4. The lowest BCUT2D eigenvalue weighted by Crippen LogP contribution is -2.66. The maximum atomic E-state index is 12.5. The summed E-state index contributed by atoms with van der Waals surface area (Å²) >= 11 is 0. The first kappa shape index (κ1) is 30.1. The number of hydrogen-bond acceptors (Lipinski definition) is 2. The van der Waals surface area contributed by atoms with Gasteiger partial charge in [-0.3, -0.25) is 4.79 Å². The van der Waals surface area contributed by atoms with E-state index in [2.05, 4.69) is 121 Å². The van der Waals surface area contributed by atoms with Gasteiger partial charge in [0.1, 0.15) is 0 Å². The van der Waals surface area contributed by atoms with E-state index < -0.39 is 8.32 Å². The highest BCUT2D eigenvalue weighted by molar-refractivity contribution is 6.99. The van der Waals surface area contributed by atoms with Crippen molar-refractivity contribution in [1.82, 2.24) is 0 Å². The maximum absolute atomic E-state index is 12.5. The van der Waals surface area contributed by atoms with Gasteiger partial charge in [-0.2, -0.15) is 0 Å². The highest BCUT2D eigenvalue weighted by Crippen LogP contribution is 2.40. The van der Waals surface area contributed by atoms with Crippen LogP contribution in [0.5, 0.6) is 0 Å². The Kier molecular flexibility index (Phi) is 10.3. The fraction of sp³-hybridized carbons (Fsp3) is 0.457. The normalized spacial score (nSPS) is 21.1. The van der Waals surface area contributed by atoms with E-state index in [9.17, 15) is 4.79 Å². The number of carbonyl (C=O) groups is 1. The fourth-order valence-electron chi connectivity index (χ4n) is 5.72. The van der Waals surface area contributed by atoms with Gasteiger partial charge in [0.25, 0.3) is 8.32 Å². The predicted molar refractivity (Wildman–Crippen MR) is 166 cm³/mol. The van der Waals surface area contributed by atoms with Gasteiger partial charge in [0.15, 0.2) is 5.78 Å². The number of rotatable bonds is 11. The summed E-state index contributed by atoms with van der Waals surface area (Å²) in [5.41, 5.74) is 2.52. The number of allylic oxidation sites excluding steroid dienone is 5. The molecule has 2 atom stereocenters. The van der Waals surface area contributed by atoms with Crippen LogP contribution in [-0.4, -0.2) is 20.7 Å². The second kappa shape index (κ2) is 13.0. The monoisotopic (exact) mass is 528 g/mol. The van der Waals surface area contributed by atoms with Gasteiger partial charge in [0.2, 0.25) is 0 Å². The van der Waals surface area contributed by atoms with Crippen molar-refractivity contribution >= 4 is 24.5 Å². The van der Waals surface area contributed by atoms with Crippen LogP contribution in [0, 0.1) is 11.3 Å². The Morgan fingerprint density at radius 3 is 2.03 bits per heavy atom. The van der Waals surface area contributed by atoms with E-state index in [1.807, 2.05) is 6.08 Å². The standard InChI is InChI=1S/C35H48O2Si/c1-28(24-26-35(7)30(3)18-15-23-33(35)36)16-14-17-29(2)25-27-37-38(34(4,5)6,31-19-10-8-11-20-31)32-21-12-9-13-22-32/h8-13,15-16,19-23,25,30H,14,17-18,24,26-27H2,1-7H3/b28-16+,29-25+/t30-,35+/m1/s1. The summed E-state index contributed by atoms with van der Waals surface area (Å²) in [6.07, 6.45) is 13.4. The summed E-state index contributed by atoms with van der Waals surface area (Å²) in [6.45, 7) is 16.4. The lowest BCUT2D eigenvalue weighted by atomic mass is 9.67. The lowest BCUT2D eigenvalue weighted by molar-refractivity contribution is -0.126. The third-order valence-corrected chi connectivity index (χ3v) is 13.6.